The number of esters is 1. The number of hydrogen-bond acceptors (Lipinski definition) is 5. The van der Waals surface area contributed by atoms with Gasteiger partial charge in [0.05, 0.1) is 7.11 Å². The van der Waals surface area contributed by atoms with Crippen LogP contribution < -0.4 is 4.74 Å². The fourth-order valence-corrected chi connectivity index (χ4v) is 2.86. The van der Waals surface area contributed by atoms with Crippen LogP contribution >= 0.6 is 0 Å². The lowest BCUT2D eigenvalue weighted by Gasteiger charge is -2.04. The van der Waals surface area contributed by atoms with Crippen LogP contribution in [-0.4, -0.2) is 35.6 Å². The highest BCUT2D eigenvalue weighted by atomic mass is 16.5. The Kier molecular flexibility index (Phi) is 5.26. The molecule has 0 spiro atoms. The van der Waals surface area contributed by atoms with Gasteiger partial charge in [0.15, 0.2) is 18.1 Å². The minimum absolute atomic E-state index is 0.0110. The number of methoxy groups -OCH3 is 1. The molecule has 3 aromatic rings. The summed E-state index contributed by atoms with van der Waals surface area (Å²) in [6, 6.07) is 12.2. The van der Waals surface area contributed by atoms with Crippen LogP contribution in [0.4, 0.5) is 0 Å². The summed E-state index contributed by atoms with van der Waals surface area (Å²) < 4.78 is 10.1. The molecule has 0 saturated heterocycles. The van der Waals surface area contributed by atoms with E-state index in [9.17, 15) is 14.7 Å². The quantitative estimate of drug-likeness (QED) is 0.396. The van der Waals surface area contributed by atoms with E-state index in [0.29, 0.717) is 16.9 Å². The monoisotopic (exact) mass is 365 g/mol. The van der Waals surface area contributed by atoms with Crippen LogP contribution in [-0.2, 0) is 9.53 Å². The SMILES string of the molecule is COc1cc(/C=C/C(=O)OCC(=O)c2c(C)[nH]c3ccccc23)ccc1O. The minimum atomic E-state index is -0.632. The number of aryl methyl sites for hydroxylation is 1. The summed E-state index contributed by atoms with van der Waals surface area (Å²) in [6.45, 7) is 1.47. The van der Waals surface area contributed by atoms with E-state index in [0.717, 1.165) is 16.6 Å². The number of H-pyrrole nitrogens is 1. The number of ether oxygens (including phenoxy) is 2. The molecule has 1 heterocycles. The average Bonchev–Trinajstić information content (AvgIpc) is 3.01. The first-order valence-corrected chi connectivity index (χ1v) is 8.32. The Morgan fingerprint density at radius 2 is 1.96 bits per heavy atom. The Morgan fingerprint density at radius 3 is 2.74 bits per heavy atom. The zero-order chi connectivity index (χ0) is 19.4. The molecule has 0 unspecified atom stereocenters. The van der Waals surface area contributed by atoms with Crippen molar-refractivity contribution in [3.05, 3.63) is 65.4 Å². The van der Waals surface area contributed by atoms with Gasteiger partial charge in [0.25, 0.3) is 0 Å². The first-order valence-electron chi connectivity index (χ1n) is 8.32. The second kappa shape index (κ2) is 7.78. The zero-order valence-electron chi connectivity index (χ0n) is 15.0. The van der Waals surface area contributed by atoms with Crippen LogP contribution in [0.3, 0.4) is 0 Å². The van der Waals surface area contributed by atoms with Gasteiger partial charge in [0.1, 0.15) is 0 Å². The van der Waals surface area contributed by atoms with Gasteiger partial charge >= 0.3 is 5.97 Å². The summed E-state index contributed by atoms with van der Waals surface area (Å²) in [4.78, 5) is 27.5. The first-order chi connectivity index (χ1) is 13.0. The molecular weight excluding hydrogens is 346 g/mol. The van der Waals surface area contributed by atoms with Crippen molar-refractivity contribution in [1.82, 2.24) is 4.98 Å². The van der Waals surface area contributed by atoms with Crippen LogP contribution in [0.25, 0.3) is 17.0 Å². The maximum atomic E-state index is 12.5. The summed E-state index contributed by atoms with van der Waals surface area (Å²) in [6.07, 6.45) is 2.74. The normalized spacial score (nSPS) is 11.0. The molecular formula is C21H19NO5. The number of hydrogen-bond donors (Lipinski definition) is 2. The van der Waals surface area contributed by atoms with Crippen molar-refractivity contribution in [3.63, 3.8) is 0 Å². The highest BCUT2D eigenvalue weighted by molar-refractivity contribution is 6.10. The molecule has 2 N–H and O–H groups in total. The Balaban J connectivity index is 1.65. The van der Waals surface area contributed by atoms with Crippen molar-refractivity contribution < 1.29 is 24.2 Å². The number of ketones is 1. The average molecular weight is 365 g/mol. The fraction of sp³-hybridized carbons (Fsp3) is 0.143. The van der Waals surface area contributed by atoms with Crippen LogP contribution in [0, 0.1) is 6.92 Å². The van der Waals surface area contributed by atoms with Gasteiger partial charge in [-0.15, -0.1) is 0 Å². The summed E-state index contributed by atoms with van der Waals surface area (Å²) in [7, 11) is 1.44. The van der Waals surface area contributed by atoms with Gasteiger partial charge < -0.3 is 19.6 Å². The highest BCUT2D eigenvalue weighted by Crippen LogP contribution is 2.26. The van der Waals surface area contributed by atoms with E-state index in [4.69, 9.17) is 9.47 Å². The Bertz CT molecular complexity index is 1030. The van der Waals surface area contributed by atoms with Gasteiger partial charge in [0.2, 0.25) is 5.78 Å². The van der Waals surface area contributed by atoms with Gasteiger partial charge in [-0.1, -0.05) is 24.3 Å². The molecule has 6 nitrogen and oxygen atoms in total. The summed E-state index contributed by atoms with van der Waals surface area (Å²) in [5.41, 5.74) is 2.79. The number of rotatable bonds is 6. The number of nitrogens with one attached hydrogen (secondary N) is 1. The number of Topliss-reactive ketones (excluding diaryl/α,β-unsaturated/α-hetero) is 1. The van der Waals surface area contributed by atoms with Gasteiger partial charge in [-0.05, 0) is 36.8 Å². The second-order valence-electron chi connectivity index (χ2n) is 5.97. The smallest absolute Gasteiger partial charge is 0.331 e. The minimum Gasteiger partial charge on any atom is -0.504 e. The molecule has 138 valence electrons. The van der Waals surface area contributed by atoms with Crippen LogP contribution in [0.1, 0.15) is 21.6 Å². The Hall–Kier alpha value is -3.54. The number of benzene rings is 2. The fourth-order valence-electron chi connectivity index (χ4n) is 2.86. The number of carbonyl (C=O) groups excluding carboxylic acids is 2. The molecule has 0 saturated carbocycles. The summed E-state index contributed by atoms with van der Waals surface area (Å²) in [5, 5.41) is 10.4. The predicted octanol–water partition coefficient (Wildman–Crippen LogP) is 3.63. The number of aromatic nitrogens is 1. The van der Waals surface area contributed by atoms with Crippen molar-refractivity contribution in [2.24, 2.45) is 0 Å². The van der Waals surface area contributed by atoms with Gasteiger partial charge in [0, 0.05) is 28.2 Å². The van der Waals surface area contributed by atoms with Crippen LogP contribution in [0.2, 0.25) is 0 Å². The molecule has 0 aliphatic rings. The lowest BCUT2D eigenvalue weighted by atomic mass is 10.1. The Labute approximate surface area is 156 Å². The van der Waals surface area contributed by atoms with E-state index in [1.165, 1.54) is 25.3 Å². The Morgan fingerprint density at radius 1 is 1.19 bits per heavy atom. The van der Waals surface area contributed by atoms with Crippen molar-refractivity contribution in [2.75, 3.05) is 13.7 Å². The predicted molar refractivity (Wildman–Crippen MR) is 102 cm³/mol. The number of phenols is 1. The molecule has 3 rings (SSSR count). The third-order valence-electron chi connectivity index (χ3n) is 4.13. The number of phenolic OH excluding ortho intramolecular Hbond substituents is 1. The number of aromatic hydroxyl groups is 1. The maximum Gasteiger partial charge on any atom is 0.331 e. The molecule has 0 amide bonds. The van der Waals surface area contributed by atoms with E-state index < -0.39 is 5.97 Å². The van der Waals surface area contributed by atoms with Crippen molar-refractivity contribution in [3.8, 4) is 11.5 Å². The molecule has 0 aliphatic heterocycles. The molecule has 0 atom stereocenters. The van der Waals surface area contributed by atoms with E-state index in [1.807, 2.05) is 31.2 Å². The number of aromatic amines is 1. The standard InChI is InChI=1S/C21H19NO5/c1-13-21(15-5-3-4-6-16(15)22-13)18(24)12-27-20(25)10-8-14-7-9-17(23)19(11-14)26-2/h3-11,22-23H,12H2,1-2H3/b10-8+. The molecule has 27 heavy (non-hydrogen) atoms. The lowest BCUT2D eigenvalue weighted by Crippen LogP contribution is -2.13. The molecule has 0 radical (unpaired) electrons. The highest BCUT2D eigenvalue weighted by Gasteiger charge is 2.16. The van der Waals surface area contributed by atoms with E-state index in [-0.39, 0.29) is 18.1 Å². The molecule has 0 fully saturated rings. The second-order valence-corrected chi connectivity index (χ2v) is 5.97. The van der Waals surface area contributed by atoms with E-state index in [1.54, 1.807) is 12.1 Å². The van der Waals surface area contributed by atoms with Crippen LogP contribution in [0.5, 0.6) is 11.5 Å². The van der Waals surface area contributed by atoms with Gasteiger partial charge in [-0.25, -0.2) is 4.79 Å². The molecule has 0 aliphatic carbocycles. The lowest BCUT2D eigenvalue weighted by molar-refractivity contribution is -0.136. The van der Waals surface area contributed by atoms with Gasteiger partial charge in [-0.2, -0.15) is 0 Å². The zero-order valence-corrected chi connectivity index (χ0v) is 15.0. The molecule has 2 aromatic carbocycles. The summed E-state index contributed by atoms with van der Waals surface area (Å²) >= 11 is 0. The van der Waals surface area contributed by atoms with Crippen molar-refractivity contribution >= 4 is 28.7 Å². The third-order valence-corrected chi connectivity index (χ3v) is 4.13. The third kappa shape index (κ3) is 4.00. The number of para-hydroxylation sites is 1. The summed E-state index contributed by atoms with van der Waals surface area (Å²) in [5.74, 6) is -0.585. The maximum absolute atomic E-state index is 12.5. The van der Waals surface area contributed by atoms with Crippen molar-refractivity contribution in [1.29, 1.82) is 0 Å². The molecule has 1 aromatic heterocycles. The van der Waals surface area contributed by atoms with E-state index >= 15 is 0 Å². The first kappa shape index (κ1) is 18.3. The number of carbonyl (C=O) groups is 2. The van der Waals surface area contributed by atoms with Crippen molar-refractivity contribution in [2.45, 2.75) is 6.92 Å². The van der Waals surface area contributed by atoms with Crippen LogP contribution in [0.15, 0.2) is 48.5 Å². The molecule has 6 heteroatoms. The largest absolute Gasteiger partial charge is 0.504 e. The topological polar surface area (TPSA) is 88.6 Å². The van der Waals surface area contributed by atoms with E-state index in [2.05, 4.69) is 4.98 Å². The number of fused-ring (bicyclic) bond motifs is 1. The molecule has 0 bridgehead atoms. The van der Waals surface area contributed by atoms with Gasteiger partial charge in [-0.3, -0.25) is 4.79 Å².